The average Bonchev–Trinajstić information content (AvgIpc) is 2.89. The molecule has 110 valence electrons. The number of hydrogen-bond donors (Lipinski definition) is 2. The minimum atomic E-state index is -3.57. The SMILES string of the molecule is Cc1csc(CNS(=O)(=O)c2ccc(C#CCO)cc2)n1. The van der Waals surface area contributed by atoms with Gasteiger partial charge >= 0.3 is 0 Å². The molecular weight excluding hydrogens is 308 g/mol. The zero-order valence-corrected chi connectivity index (χ0v) is 13.0. The van der Waals surface area contributed by atoms with Crippen LogP contribution in [0.25, 0.3) is 0 Å². The number of nitrogens with zero attached hydrogens (tertiary/aromatic N) is 1. The fourth-order valence-electron chi connectivity index (χ4n) is 1.58. The Morgan fingerprint density at radius 1 is 1.33 bits per heavy atom. The molecule has 0 aliphatic rings. The molecule has 2 rings (SSSR count). The van der Waals surface area contributed by atoms with Gasteiger partial charge in [-0.1, -0.05) is 11.8 Å². The molecule has 0 aliphatic carbocycles. The van der Waals surface area contributed by atoms with E-state index in [9.17, 15) is 8.42 Å². The van der Waals surface area contributed by atoms with Gasteiger partial charge in [0, 0.05) is 16.6 Å². The van der Waals surface area contributed by atoms with Crippen LogP contribution < -0.4 is 4.72 Å². The normalized spacial score (nSPS) is 11.0. The van der Waals surface area contributed by atoms with E-state index in [2.05, 4.69) is 21.5 Å². The summed E-state index contributed by atoms with van der Waals surface area (Å²) in [6.45, 7) is 1.81. The highest BCUT2D eigenvalue weighted by Crippen LogP contribution is 2.12. The van der Waals surface area contributed by atoms with Crippen LogP contribution in [0.4, 0.5) is 0 Å². The van der Waals surface area contributed by atoms with E-state index in [1.807, 2.05) is 12.3 Å². The number of aliphatic hydroxyl groups excluding tert-OH is 1. The topological polar surface area (TPSA) is 79.3 Å². The molecule has 21 heavy (non-hydrogen) atoms. The maximum Gasteiger partial charge on any atom is 0.240 e. The number of hydrogen-bond acceptors (Lipinski definition) is 5. The van der Waals surface area contributed by atoms with Crippen molar-refractivity contribution in [3.05, 3.63) is 45.9 Å². The first-order valence-corrected chi connectivity index (χ1v) is 8.48. The maximum atomic E-state index is 12.1. The van der Waals surface area contributed by atoms with Crippen LogP contribution in [0.15, 0.2) is 34.5 Å². The lowest BCUT2D eigenvalue weighted by molar-refractivity contribution is 0.350. The molecule has 0 radical (unpaired) electrons. The van der Waals surface area contributed by atoms with Gasteiger partial charge in [-0.15, -0.1) is 11.3 Å². The summed E-state index contributed by atoms with van der Waals surface area (Å²) in [5, 5.41) is 11.2. The fraction of sp³-hybridized carbons (Fsp3) is 0.214. The van der Waals surface area contributed by atoms with Crippen LogP contribution in [0, 0.1) is 18.8 Å². The van der Waals surface area contributed by atoms with Gasteiger partial charge in [0.05, 0.1) is 11.4 Å². The summed E-state index contributed by atoms with van der Waals surface area (Å²) in [5.74, 6) is 5.22. The summed E-state index contributed by atoms with van der Waals surface area (Å²) in [6.07, 6.45) is 0. The number of benzene rings is 1. The Balaban J connectivity index is 2.08. The minimum absolute atomic E-state index is 0.172. The molecule has 0 bridgehead atoms. The van der Waals surface area contributed by atoms with Gasteiger partial charge in [-0.25, -0.2) is 18.1 Å². The second kappa shape index (κ2) is 6.83. The van der Waals surface area contributed by atoms with Crippen molar-refractivity contribution < 1.29 is 13.5 Å². The lowest BCUT2D eigenvalue weighted by Gasteiger charge is -2.05. The van der Waals surface area contributed by atoms with Gasteiger partial charge in [0.25, 0.3) is 0 Å². The van der Waals surface area contributed by atoms with Gasteiger partial charge in [0.2, 0.25) is 10.0 Å². The smallest absolute Gasteiger partial charge is 0.240 e. The van der Waals surface area contributed by atoms with E-state index >= 15 is 0 Å². The van der Waals surface area contributed by atoms with Gasteiger partial charge in [-0.05, 0) is 31.2 Å². The van der Waals surface area contributed by atoms with Crippen molar-refractivity contribution in [2.24, 2.45) is 0 Å². The molecule has 0 aliphatic heterocycles. The third-order valence-electron chi connectivity index (χ3n) is 2.56. The number of aliphatic hydroxyl groups is 1. The van der Waals surface area contributed by atoms with Crippen LogP contribution in [0.5, 0.6) is 0 Å². The zero-order valence-electron chi connectivity index (χ0n) is 11.3. The van der Waals surface area contributed by atoms with Crippen LogP contribution >= 0.6 is 11.3 Å². The quantitative estimate of drug-likeness (QED) is 0.831. The summed E-state index contributed by atoms with van der Waals surface area (Å²) in [6, 6.07) is 6.17. The van der Waals surface area contributed by atoms with Crippen molar-refractivity contribution in [2.45, 2.75) is 18.4 Å². The second-order valence-corrected chi connectivity index (χ2v) is 6.90. The Morgan fingerprint density at radius 2 is 2.05 bits per heavy atom. The first-order valence-electron chi connectivity index (χ1n) is 6.12. The largest absolute Gasteiger partial charge is 0.384 e. The Labute approximate surface area is 127 Å². The van der Waals surface area contributed by atoms with Gasteiger partial charge < -0.3 is 5.11 Å². The van der Waals surface area contributed by atoms with Crippen molar-refractivity contribution in [3.8, 4) is 11.8 Å². The zero-order chi connectivity index (χ0) is 15.3. The molecule has 0 saturated carbocycles. The van der Waals surface area contributed by atoms with E-state index in [0.717, 1.165) is 10.7 Å². The monoisotopic (exact) mass is 322 g/mol. The minimum Gasteiger partial charge on any atom is -0.384 e. The van der Waals surface area contributed by atoms with Crippen LogP contribution in [-0.4, -0.2) is 25.1 Å². The molecule has 1 aromatic heterocycles. The Morgan fingerprint density at radius 3 is 2.62 bits per heavy atom. The van der Waals surface area contributed by atoms with Crippen LogP contribution in [0.1, 0.15) is 16.3 Å². The Bertz CT molecular complexity index is 769. The summed E-state index contributed by atoms with van der Waals surface area (Å²) in [5.41, 5.74) is 1.53. The van der Waals surface area contributed by atoms with E-state index < -0.39 is 10.0 Å². The summed E-state index contributed by atoms with van der Waals surface area (Å²) in [7, 11) is -3.57. The van der Waals surface area contributed by atoms with E-state index in [1.165, 1.54) is 23.5 Å². The van der Waals surface area contributed by atoms with Crippen LogP contribution in [0.2, 0.25) is 0 Å². The van der Waals surface area contributed by atoms with Crippen LogP contribution in [-0.2, 0) is 16.6 Å². The number of thiazole rings is 1. The van der Waals surface area contributed by atoms with Crippen molar-refractivity contribution in [1.82, 2.24) is 9.71 Å². The van der Waals surface area contributed by atoms with Crippen molar-refractivity contribution >= 4 is 21.4 Å². The molecule has 0 spiro atoms. The number of nitrogens with one attached hydrogen (secondary N) is 1. The number of sulfonamides is 1. The molecule has 2 N–H and O–H groups in total. The number of aryl methyl sites for hydroxylation is 1. The molecule has 0 unspecified atom stereocenters. The summed E-state index contributed by atoms with van der Waals surface area (Å²) >= 11 is 1.42. The molecule has 0 saturated heterocycles. The van der Waals surface area contributed by atoms with Crippen molar-refractivity contribution in [3.63, 3.8) is 0 Å². The summed E-state index contributed by atoms with van der Waals surface area (Å²) in [4.78, 5) is 4.38. The highest BCUT2D eigenvalue weighted by atomic mass is 32.2. The standard InChI is InChI=1S/C14H14N2O3S2/c1-11-10-20-14(16-11)9-15-21(18,19)13-6-4-12(5-7-13)3-2-8-17/h4-7,10,15,17H,8-9H2,1H3. The van der Waals surface area contributed by atoms with E-state index in [1.54, 1.807) is 12.1 Å². The predicted octanol–water partition coefficient (Wildman–Crippen LogP) is 1.27. The molecule has 5 nitrogen and oxygen atoms in total. The van der Waals surface area contributed by atoms with Gasteiger partial charge in [0.15, 0.2) is 0 Å². The molecule has 2 aromatic rings. The predicted molar refractivity (Wildman–Crippen MR) is 81.3 cm³/mol. The van der Waals surface area contributed by atoms with E-state index in [4.69, 9.17) is 5.11 Å². The Hall–Kier alpha value is -1.72. The molecule has 1 heterocycles. The van der Waals surface area contributed by atoms with Crippen molar-refractivity contribution in [2.75, 3.05) is 6.61 Å². The number of aromatic nitrogens is 1. The molecule has 0 amide bonds. The molecule has 0 fully saturated rings. The summed E-state index contributed by atoms with van der Waals surface area (Å²) < 4.78 is 26.8. The van der Waals surface area contributed by atoms with Crippen molar-refractivity contribution in [1.29, 1.82) is 0 Å². The lowest BCUT2D eigenvalue weighted by atomic mass is 10.2. The average molecular weight is 322 g/mol. The molecule has 7 heteroatoms. The lowest BCUT2D eigenvalue weighted by Crippen LogP contribution is -2.23. The third kappa shape index (κ3) is 4.37. The van der Waals surface area contributed by atoms with Gasteiger partial charge in [-0.2, -0.15) is 0 Å². The molecule has 0 atom stereocenters. The highest BCUT2D eigenvalue weighted by Gasteiger charge is 2.14. The first kappa shape index (κ1) is 15.7. The van der Waals surface area contributed by atoms with E-state index in [-0.39, 0.29) is 18.0 Å². The Kier molecular flexibility index (Phi) is 5.09. The molecule has 1 aromatic carbocycles. The van der Waals surface area contributed by atoms with Crippen LogP contribution in [0.3, 0.4) is 0 Å². The van der Waals surface area contributed by atoms with Gasteiger partial charge in [-0.3, -0.25) is 0 Å². The third-order valence-corrected chi connectivity index (χ3v) is 4.94. The van der Waals surface area contributed by atoms with Gasteiger partial charge in [0.1, 0.15) is 11.6 Å². The highest BCUT2D eigenvalue weighted by molar-refractivity contribution is 7.89. The fourth-order valence-corrected chi connectivity index (χ4v) is 3.37. The first-order chi connectivity index (χ1) is 10.0. The molecular formula is C14H14N2O3S2. The second-order valence-electron chi connectivity index (χ2n) is 4.19. The number of rotatable bonds is 4. The maximum absolute atomic E-state index is 12.1. The van der Waals surface area contributed by atoms with E-state index in [0.29, 0.717) is 5.56 Å².